The van der Waals surface area contributed by atoms with Crippen LogP contribution < -0.4 is 0 Å². The molecule has 0 aromatic heterocycles. The van der Waals surface area contributed by atoms with E-state index in [-0.39, 0.29) is 0 Å². The van der Waals surface area contributed by atoms with Crippen molar-refractivity contribution in [3.8, 4) is 44.5 Å². The Morgan fingerprint density at radius 2 is 0.466 bits per heavy atom. The lowest BCUT2D eigenvalue weighted by atomic mass is 9.88. The molecule has 12 rings (SSSR count). The van der Waals surface area contributed by atoms with Gasteiger partial charge < -0.3 is 0 Å². The lowest BCUT2D eigenvalue weighted by Crippen LogP contribution is -1.88. The number of rotatable bonds is 4. The van der Waals surface area contributed by atoms with Gasteiger partial charge in [-0.25, -0.2) is 0 Å². The Morgan fingerprint density at radius 3 is 0.931 bits per heavy atom. The van der Waals surface area contributed by atoms with Crippen molar-refractivity contribution in [3.05, 3.63) is 218 Å². The molecular formula is C58H36. The SMILES string of the molecule is c1ccc2cc(-c3ccc4c(c3)c(-c3ccc5cc(-c6cc7ccccc7c7ccc(-c8ccc9ccccc9c8)cc67)ccc5c3)cc3ccccc34)ccc2c1. The van der Waals surface area contributed by atoms with Gasteiger partial charge in [-0.2, -0.15) is 0 Å². The average Bonchev–Trinajstić information content (AvgIpc) is 3.30. The summed E-state index contributed by atoms with van der Waals surface area (Å²) in [5.41, 5.74) is 9.88. The molecule has 0 bridgehead atoms. The van der Waals surface area contributed by atoms with Crippen LogP contribution in [-0.2, 0) is 0 Å². The summed E-state index contributed by atoms with van der Waals surface area (Å²) in [5.74, 6) is 0. The molecule has 0 spiro atoms. The molecule has 0 saturated heterocycles. The van der Waals surface area contributed by atoms with Gasteiger partial charge in [0.1, 0.15) is 0 Å². The first-order chi connectivity index (χ1) is 28.7. The van der Waals surface area contributed by atoms with E-state index in [0.717, 1.165) is 0 Å². The topological polar surface area (TPSA) is 0 Å². The van der Waals surface area contributed by atoms with Gasteiger partial charge in [-0.1, -0.05) is 170 Å². The Hall–Kier alpha value is -7.54. The molecule has 0 heteroatoms. The third-order valence-corrected chi connectivity index (χ3v) is 12.3. The molecule has 0 aliphatic heterocycles. The molecule has 0 fully saturated rings. The third-order valence-electron chi connectivity index (χ3n) is 12.3. The first-order valence-electron chi connectivity index (χ1n) is 20.1. The van der Waals surface area contributed by atoms with E-state index in [1.165, 1.54) is 120 Å². The minimum Gasteiger partial charge on any atom is -0.0616 e. The van der Waals surface area contributed by atoms with Gasteiger partial charge in [0.2, 0.25) is 0 Å². The Bertz CT molecular complexity index is 3380. The highest BCUT2D eigenvalue weighted by atomic mass is 14.2. The Labute approximate surface area is 336 Å². The van der Waals surface area contributed by atoms with E-state index < -0.39 is 0 Å². The van der Waals surface area contributed by atoms with E-state index in [1.807, 2.05) is 0 Å². The second-order valence-corrected chi connectivity index (χ2v) is 15.7. The molecule has 0 N–H and O–H groups in total. The Kier molecular flexibility index (Phi) is 7.33. The van der Waals surface area contributed by atoms with Crippen LogP contribution >= 0.6 is 0 Å². The molecule has 0 aliphatic carbocycles. The second-order valence-electron chi connectivity index (χ2n) is 15.7. The average molecular weight is 733 g/mol. The van der Waals surface area contributed by atoms with Crippen LogP contribution in [0.4, 0.5) is 0 Å². The van der Waals surface area contributed by atoms with E-state index in [2.05, 4.69) is 218 Å². The molecule has 58 heavy (non-hydrogen) atoms. The summed E-state index contributed by atoms with van der Waals surface area (Å²) in [7, 11) is 0. The summed E-state index contributed by atoms with van der Waals surface area (Å²) in [6.07, 6.45) is 0. The van der Waals surface area contributed by atoms with E-state index in [0.29, 0.717) is 0 Å². The number of hydrogen-bond acceptors (Lipinski definition) is 0. The van der Waals surface area contributed by atoms with E-state index in [1.54, 1.807) is 0 Å². The van der Waals surface area contributed by atoms with Gasteiger partial charge in [-0.05, 0) is 168 Å². The van der Waals surface area contributed by atoms with Crippen molar-refractivity contribution < 1.29 is 0 Å². The van der Waals surface area contributed by atoms with Gasteiger partial charge in [0.15, 0.2) is 0 Å². The minimum absolute atomic E-state index is 1.22. The summed E-state index contributed by atoms with van der Waals surface area (Å²) in [6.45, 7) is 0. The molecule has 0 aliphatic rings. The molecule has 0 unspecified atom stereocenters. The highest BCUT2D eigenvalue weighted by molar-refractivity contribution is 6.17. The Balaban J connectivity index is 0.999. The first-order valence-corrected chi connectivity index (χ1v) is 20.1. The Morgan fingerprint density at radius 1 is 0.155 bits per heavy atom. The van der Waals surface area contributed by atoms with Crippen molar-refractivity contribution in [2.24, 2.45) is 0 Å². The van der Waals surface area contributed by atoms with Gasteiger partial charge in [-0.15, -0.1) is 0 Å². The zero-order valence-corrected chi connectivity index (χ0v) is 31.8. The van der Waals surface area contributed by atoms with E-state index in [4.69, 9.17) is 0 Å². The lowest BCUT2D eigenvalue weighted by molar-refractivity contribution is 1.66. The normalized spacial score (nSPS) is 11.8. The highest BCUT2D eigenvalue weighted by Gasteiger charge is 2.14. The van der Waals surface area contributed by atoms with Crippen LogP contribution in [0.1, 0.15) is 0 Å². The van der Waals surface area contributed by atoms with Crippen molar-refractivity contribution >= 4 is 75.4 Å². The van der Waals surface area contributed by atoms with Crippen LogP contribution in [0.3, 0.4) is 0 Å². The fraction of sp³-hybridized carbons (Fsp3) is 0. The number of benzene rings is 12. The first kappa shape index (κ1) is 32.7. The maximum Gasteiger partial charge on any atom is -0.00928 e. The maximum atomic E-state index is 2.39. The fourth-order valence-corrected chi connectivity index (χ4v) is 9.36. The fourth-order valence-electron chi connectivity index (χ4n) is 9.36. The van der Waals surface area contributed by atoms with Crippen molar-refractivity contribution in [1.82, 2.24) is 0 Å². The molecule has 12 aromatic carbocycles. The summed E-state index contributed by atoms with van der Waals surface area (Å²) in [5, 5.41) is 17.7. The smallest absolute Gasteiger partial charge is 0.00928 e. The predicted octanol–water partition coefficient (Wildman–Crippen LogP) is 16.4. The predicted molar refractivity (Wildman–Crippen MR) is 251 cm³/mol. The number of hydrogen-bond donors (Lipinski definition) is 0. The van der Waals surface area contributed by atoms with Crippen LogP contribution in [0.5, 0.6) is 0 Å². The maximum absolute atomic E-state index is 2.39. The molecule has 0 saturated carbocycles. The molecule has 0 amide bonds. The van der Waals surface area contributed by atoms with Crippen molar-refractivity contribution in [2.75, 3.05) is 0 Å². The lowest BCUT2D eigenvalue weighted by Gasteiger charge is -2.15. The highest BCUT2D eigenvalue weighted by Crippen LogP contribution is 2.41. The van der Waals surface area contributed by atoms with Crippen LogP contribution in [-0.4, -0.2) is 0 Å². The quantitative estimate of drug-likeness (QED) is 0.158. The van der Waals surface area contributed by atoms with Gasteiger partial charge in [0, 0.05) is 0 Å². The van der Waals surface area contributed by atoms with Gasteiger partial charge in [-0.3, -0.25) is 0 Å². The van der Waals surface area contributed by atoms with Gasteiger partial charge in [0.25, 0.3) is 0 Å². The van der Waals surface area contributed by atoms with E-state index in [9.17, 15) is 0 Å². The molecule has 268 valence electrons. The molecule has 0 nitrogen and oxygen atoms in total. The zero-order valence-electron chi connectivity index (χ0n) is 31.8. The van der Waals surface area contributed by atoms with Crippen molar-refractivity contribution in [2.45, 2.75) is 0 Å². The van der Waals surface area contributed by atoms with Crippen LogP contribution in [0.2, 0.25) is 0 Å². The van der Waals surface area contributed by atoms with E-state index >= 15 is 0 Å². The third kappa shape index (κ3) is 5.38. The monoisotopic (exact) mass is 732 g/mol. The summed E-state index contributed by atoms with van der Waals surface area (Å²) >= 11 is 0. The van der Waals surface area contributed by atoms with Gasteiger partial charge in [0.05, 0.1) is 0 Å². The number of fused-ring (bicyclic) bond motifs is 9. The summed E-state index contributed by atoms with van der Waals surface area (Å²) in [6, 6.07) is 81.1. The molecule has 0 atom stereocenters. The summed E-state index contributed by atoms with van der Waals surface area (Å²) in [4.78, 5) is 0. The molecule has 0 radical (unpaired) electrons. The van der Waals surface area contributed by atoms with Crippen LogP contribution in [0, 0.1) is 0 Å². The zero-order chi connectivity index (χ0) is 38.2. The molecule has 0 heterocycles. The van der Waals surface area contributed by atoms with Crippen LogP contribution in [0.25, 0.3) is 120 Å². The minimum atomic E-state index is 1.22. The largest absolute Gasteiger partial charge is 0.0616 e. The van der Waals surface area contributed by atoms with Gasteiger partial charge >= 0.3 is 0 Å². The van der Waals surface area contributed by atoms with Crippen LogP contribution in [0.15, 0.2) is 218 Å². The second kappa shape index (κ2) is 13.0. The molecule has 12 aromatic rings. The summed E-state index contributed by atoms with van der Waals surface area (Å²) < 4.78 is 0. The van der Waals surface area contributed by atoms with Crippen molar-refractivity contribution in [3.63, 3.8) is 0 Å². The molecular weight excluding hydrogens is 697 g/mol. The van der Waals surface area contributed by atoms with Crippen molar-refractivity contribution in [1.29, 1.82) is 0 Å². The standard InChI is InChI=1S/C58H36/c1-3-11-39-29-41(19-17-37(39)9-1)45-25-27-53-51-15-7-5-13-47(51)35-55(57(53)33-45)49-23-21-44-32-50(24-22-43(44)31-49)56-36-48-14-6-8-16-52(48)54-28-26-46(34-58(54)56)42-20-18-38-10-2-4-12-40(38)30-42/h1-36H.